The lowest BCUT2D eigenvalue weighted by Gasteiger charge is -2.35. The average molecular weight is 556 g/mol. The van der Waals surface area contributed by atoms with Crippen molar-refractivity contribution in [1.82, 2.24) is 0 Å². The second kappa shape index (κ2) is 10.4. The summed E-state index contributed by atoms with van der Waals surface area (Å²) in [4.78, 5) is 0. The number of ether oxygens (including phenoxy) is 2. The lowest BCUT2D eigenvalue weighted by atomic mass is 9.74. The number of hydrogen-bond acceptors (Lipinski definition) is 2. The van der Waals surface area contributed by atoms with Gasteiger partial charge in [-0.05, 0) is 72.4 Å². The zero-order chi connectivity index (χ0) is 28.1. The van der Waals surface area contributed by atoms with Gasteiger partial charge >= 0.3 is 6.11 Å². The smallest absolute Gasteiger partial charge is 0.432 e. The van der Waals surface area contributed by atoms with E-state index in [1.54, 1.807) is 0 Å². The Hall–Kier alpha value is -3.30. The van der Waals surface area contributed by atoms with Crippen molar-refractivity contribution in [2.45, 2.75) is 45.1 Å². The SMILES string of the molecule is CC1CCC(C2COc3cc(-c4cc(F)c(C(F)(F)Oc5cc(F)c(F)c(F)c5)c(F)c4)c(F)cc3C2)CC1. The zero-order valence-electron chi connectivity index (χ0n) is 20.8. The van der Waals surface area contributed by atoms with E-state index in [2.05, 4.69) is 11.7 Å². The molecule has 0 bridgehead atoms. The van der Waals surface area contributed by atoms with Gasteiger partial charge in [-0.25, -0.2) is 26.3 Å². The van der Waals surface area contributed by atoms with Gasteiger partial charge in [-0.3, -0.25) is 0 Å². The van der Waals surface area contributed by atoms with Gasteiger partial charge in [0.15, 0.2) is 17.5 Å². The summed E-state index contributed by atoms with van der Waals surface area (Å²) in [5, 5.41) is 0. The first-order chi connectivity index (χ1) is 18.4. The Kier molecular flexibility index (Phi) is 7.24. The maximum Gasteiger partial charge on any atom is 0.432 e. The molecule has 0 N–H and O–H groups in total. The molecule has 0 saturated heterocycles. The van der Waals surface area contributed by atoms with Crippen molar-refractivity contribution in [3.05, 3.63) is 82.4 Å². The molecule has 3 aromatic carbocycles. The summed E-state index contributed by atoms with van der Waals surface area (Å²) in [6, 6.07) is 3.75. The molecule has 1 atom stereocenters. The fourth-order valence-electron chi connectivity index (χ4n) is 5.50. The van der Waals surface area contributed by atoms with E-state index < -0.39 is 52.3 Å². The van der Waals surface area contributed by atoms with Gasteiger partial charge in [0, 0.05) is 17.7 Å². The average Bonchev–Trinajstić information content (AvgIpc) is 2.86. The molecule has 1 saturated carbocycles. The fourth-order valence-corrected chi connectivity index (χ4v) is 5.50. The minimum atomic E-state index is -4.74. The molecule has 0 amide bonds. The molecule has 2 aliphatic rings. The van der Waals surface area contributed by atoms with E-state index in [4.69, 9.17) is 4.74 Å². The van der Waals surface area contributed by atoms with Crippen LogP contribution >= 0.6 is 0 Å². The number of fused-ring (bicyclic) bond motifs is 1. The molecule has 1 fully saturated rings. The maximum absolute atomic E-state index is 15.1. The van der Waals surface area contributed by atoms with Gasteiger partial charge in [-0.15, -0.1) is 0 Å². The first-order valence-electron chi connectivity index (χ1n) is 12.6. The molecule has 0 radical (unpaired) electrons. The molecule has 2 nitrogen and oxygen atoms in total. The predicted octanol–water partition coefficient (Wildman–Crippen LogP) is 8.69. The van der Waals surface area contributed by atoms with Crippen molar-refractivity contribution < 1.29 is 44.6 Å². The van der Waals surface area contributed by atoms with Crippen LogP contribution in [-0.4, -0.2) is 6.61 Å². The zero-order valence-corrected chi connectivity index (χ0v) is 20.8. The second-order valence-electron chi connectivity index (χ2n) is 10.4. The van der Waals surface area contributed by atoms with Crippen LogP contribution in [0, 0.1) is 52.7 Å². The van der Waals surface area contributed by atoms with Crippen LogP contribution in [0.15, 0.2) is 36.4 Å². The Morgan fingerprint density at radius 1 is 0.744 bits per heavy atom. The number of benzene rings is 3. The summed E-state index contributed by atoms with van der Waals surface area (Å²) in [6.45, 7) is 2.65. The van der Waals surface area contributed by atoms with Crippen LogP contribution < -0.4 is 9.47 Å². The van der Waals surface area contributed by atoms with Crippen LogP contribution in [0.25, 0.3) is 11.1 Å². The molecule has 0 spiro atoms. The molecule has 0 aromatic heterocycles. The Morgan fingerprint density at radius 2 is 1.36 bits per heavy atom. The number of hydrogen-bond donors (Lipinski definition) is 0. The summed E-state index contributed by atoms with van der Waals surface area (Å²) >= 11 is 0. The predicted molar refractivity (Wildman–Crippen MR) is 126 cm³/mol. The minimum Gasteiger partial charge on any atom is -0.493 e. The van der Waals surface area contributed by atoms with Crippen LogP contribution in [0.3, 0.4) is 0 Å². The molecular formula is C29H24F8O2. The van der Waals surface area contributed by atoms with E-state index in [1.165, 1.54) is 12.1 Å². The highest BCUT2D eigenvalue weighted by molar-refractivity contribution is 5.68. The topological polar surface area (TPSA) is 18.5 Å². The summed E-state index contributed by atoms with van der Waals surface area (Å²) < 4.78 is 124. The third kappa shape index (κ3) is 5.43. The summed E-state index contributed by atoms with van der Waals surface area (Å²) in [5.41, 5.74) is -1.86. The van der Waals surface area contributed by atoms with E-state index in [0.717, 1.165) is 25.7 Å². The molecule has 10 heteroatoms. The molecule has 1 unspecified atom stereocenters. The Labute approximate surface area is 219 Å². The lowest BCUT2D eigenvalue weighted by molar-refractivity contribution is -0.189. The van der Waals surface area contributed by atoms with Crippen LogP contribution in [0.2, 0.25) is 0 Å². The molecule has 208 valence electrons. The molecule has 1 aliphatic heterocycles. The number of alkyl halides is 2. The highest BCUT2D eigenvalue weighted by atomic mass is 19.3. The van der Waals surface area contributed by atoms with E-state index in [1.807, 2.05) is 0 Å². The molecule has 3 aromatic rings. The summed E-state index contributed by atoms with van der Waals surface area (Å²) in [5.74, 6) is -9.43. The van der Waals surface area contributed by atoms with Crippen molar-refractivity contribution in [3.63, 3.8) is 0 Å². The number of halogens is 8. The Balaban J connectivity index is 1.40. The largest absolute Gasteiger partial charge is 0.493 e. The van der Waals surface area contributed by atoms with Gasteiger partial charge in [0.1, 0.15) is 34.5 Å². The van der Waals surface area contributed by atoms with Gasteiger partial charge in [0.25, 0.3) is 0 Å². The van der Waals surface area contributed by atoms with Crippen molar-refractivity contribution in [2.75, 3.05) is 6.61 Å². The van der Waals surface area contributed by atoms with E-state index in [0.29, 0.717) is 48.3 Å². The van der Waals surface area contributed by atoms with E-state index in [-0.39, 0.29) is 29.2 Å². The molecule has 1 aliphatic carbocycles. The van der Waals surface area contributed by atoms with E-state index >= 15 is 4.39 Å². The molecule has 5 rings (SSSR count). The van der Waals surface area contributed by atoms with Crippen LogP contribution in [-0.2, 0) is 12.5 Å². The summed E-state index contributed by atoms with van der Waals surface area (Å²) in [7, 11) is 0. The highest BCUT2D eigenvalue weighted by Crippen LogP contribution is 2.42. The minimum absolute atomic E-state index is 0.109. The lowest BCUT2D eigenvalue weighted by Crippen LogP contribution is -2.30. The first-order valence-corrected chi connectivity index (χ1v) is 12.6. The normalized spacial score (nSPS) is 21.3. The van der Waals surface area contributed by atoms with Gasteiger partial charge in [-0.2, -0.15) is 8.78 Å². The van der Waals surface area contributed by atoms with Crippen molar-refractivity contribution >= 4 is 0 Å². The highest BCUT2D eigenvalue weighted by Gasteiger charge is 2.42. The first kappa shape index (κ1) is 27.3. The molecule has 1 heterocycles. The van der Waals surface area contributed by atoms with Gasteiger partial charge in [0.2, 0.25) is 0 Å². The van der Waals surface area contributed by atoms with Crippen molar-refractivity contribution in [3.8, 4) is 22.6 Å². The second-order valence-corrected chi connectivity index (χ2v) is 10.4. The third-order valence-corrected chi connectivity index (χ3v) is 7.66. The van der Waals surface area contributed by atoms with E-state index in [9.17, 15) is 30.7 Å². The quantitative estimate of drug-likeness (QED) is 0.231. The number of rotatable bonds is 5. The monoisotopic (exact) mass is 556 g/mol. The standard InChI is InChI=1S/C29H24F8O2/c1-14-2-4-15(5-3-14)18-6-17-9-21(30)20(12-26(17)38-13-18)16-7-22(31)27(23(32)8-16)29(36,37)39-19-10-24(33)28(35)25(34)11-19/h7-12,14-15,18H,2-6,13H2,1H3. The fraction of sp³-hybridized carbons (Fsp3) is 0.379. The maximum atomic E-state index is 15.1. The Bertz CT molecular complexity index is 1350. The molecular weight excluding hydrogens is 532 g/mol. The third-order valence-electron chi connectivity index (χ3n) is 7.66. The summed E-state index contributed by atoms with van der Waals surface area (Å²) in [6.07, 6.45) is 0.283. The van der Waals surface area contributed by atoms with Crippen molar-refractivity contribution in [2.24, 2.45) is 17.8 Å². The van der Waals surface area contributed by atoms with Crippen LogP contribution in [0.4, 0.5) is 35.1 Å². The van der Waals surface area contributed by atoms with Crippen LogP contribution in [0.5, 0.6) is 11.5 Å². The van der Waals surface area contributed by atoms with Gasteiger partial charge < -0.3 is 9.47 Å². The van der Waals surface area contributed by atoms with Crippen molar-refractivity contribution in [1.29, 1.82) is 0 Å². The molecule has 39 heavy (non-hydrogen) atoms. The van der Waals surface area contributed by atoms with Gasteiger partial charge in [-0.1, -0.05) is 19.8 Å². The van der Waals surface area contributed by atoms with Crippen LogP contribution in [0.1, 0.15) is 43.7 Å². The van der Waals surface area contributed by atoms with Gasteiger partial charge in [0.05, 0.1) is 6.61 Å². The Morgan fingerprint density at radius 3 is 1.97 bits per heavy atom.